The number of hydrogen-bond acceptors (Lipinski definition) is 3. The third-order valence-electron chi connectivity index (χ3n) is 2.49. The minimum absolute atomic E-state index is 0.00128. The van der Waals surface area contributed by atoms with Crippen molar-refractivity contribution >= 4 is 10.8 Å². The van der Waals surface area contributed by atoms with Crippen molar-refractivity contribution in [1.29, 1.82) is 0 Å². The van der Waals surface area contributed by atoms with Gasteiger partial charge >= 0.3 is 0 Å². The second-order valence-electron chi connectivity index (χ2n) is 3.96. The second kappa shape index (κ2) is 6.56. The number of benzene rings is 1. The first-order valence-electron chi connectivity index (χ1n) is 6.02. The standard InChI is InChI=1S/C14H13F2NO2S/c1-2-19-14-5-3-4-11(17-14)9-20(18)13-8-10(15)6-7-12(13)16/h3-8H,2,9H2,1H3/t20-/m0/s1. The molecular weight excluding hydrogens is 284 g/mol. The quantitative estimate of drug-likeness (QED) is 0.851. The molecule has 2 rings (SSSR count). The molecule has 0 bridgehead atoms. The third-order valence-corrected chi connectivity index (χ3v) is 3.85. The van der Waals surface area contributed by atoms with Crippen LogP contribution in [0.2, 0.25) is 0 Å². The van der Waals surface area contributed by atoms with Gasteiger partial charge in [-0.15, -0.1) is 0 Å². The van der Waals surface area contributed by atoms with E-state index in [9.17, 15) is 13.0 Å². The fourth-order valence-electron chi connectivity index (χ4n) is 1.63. The number of halogens is 2. The van der Waals surface area contributed by atoms with Crippen molar-refractivity contribution in [2.24, 2.45) is 0 Å². The Morgan fingerprint density at radius 2 is 2.05 bits per heavy atom. The van der Waals surface area contributed by atoms with Gasteiger partial charge in [0.25, 0.3) is 0 Å². The molecule has 3 nitrogen and oxygen atoms in total. The SMILES string of the molecule is CCOc1cccc(C[S@](=O)c2cc(F)ccc2F)n1. The molecule has 1 atom stereocenters. The lowest BCUT2D eigenvalue weighted by molar-refractivity contribution is 0.326. The predicted molar refractivity (Wildman–Crippen MR) is 71.9 cm³/mol. The molecule has 0 aliphatic carbocycles. The van der Waals surface area contributed by atoms with Crippen LogP contribution in [0.25, 0.3) is 0 Å². The lowest BCUT2D eigenvalue weighted by atomic mass is 10.3. The van der Waals surface area contributed by atoms with E-state index in [1.165, 1.54) is 0 Å². The van der Waals surface area contributed by atoms with Crippen molar-refractivity contribution in [2.75, 3.05) is 6.61 Å². The van der Waals surface area contributed by atoms with Gasteiger partial charge in [-0.3, -0.25) is 4.21 Å². The first-order valence-corrected chi connectivity index (χ1v) is 7.34. The summed E-state index contributed by atoms with van der Waals surface area (Å²) in [6.45, 7) is 2.30. The Bertz CT molecular complexity index is 634. The van der Waals surface area contributed by atoms with E-state index in [-0.39, 0.29) is 10.6 Å². The zero-order valence-corrected chi connectivity index (χ0v) is 11.6. The highest BCUT2D eigenvalue weighted by Gasteiger charge is 2.13. The molecule has 0 saturated carbocycles. The summed E-state index contributed by atoms with van der Waals surface area (Å²) in [5, 5.41) is 0. The Kier molecular flexibility index (Phi) is 4.79. The lowest BCUT2D eigenvalue weighted by Gasteiger charge is -2.06. The topological polar surface area (TPSA) is 39.2 Å². The summed E-state index contributed by atoms with van der Waals surface area (Å²) in [4.78, 5) is 3.99. The van der Waals surface area contributed by atoms with Crippen LogP contribution in [0.3, 0.4) is 0 Å². The van der Waals surface area contributed by atoms with E-state index in [0.717, 1.165) is 18.2 Å². The molecule has 0 unspecified atom stereocenters. The smallest absolute Gasteiger partial charge is 0.213 e. The molecule has 0 amide bonds. The Morgan fingerprint density at radius 1 is 1.25 bits per heavy atom. The summed E-state index contributed by atoms with van der Waals surface area (Å²) in [5.41, 5.74) is 0.498. The Balaban J connectivity index is 2.19. The highest BCUT2D eigenvalue weighted by atomic mass is 32.2. The van der Waals surface area contributed by atoms with Crippen LogP contribution < -0.4 is 4.74 Å². The summed E-state index contributed by atoms with van der Waals surface area (Å²) >= 11 is 0. The molecule has 0 fully saturated rings. The van der Waals surface area contributed by atoms with Crippen LogP contribution in [0.15, 0.2) is 41.3 Å². The zero-order valence-electron chi connectivity index (χ0n) is 10.8. The predicted octanol–water partition coefficient (Wildman–Crippen LogP) is 3.07. The molecule has 6 heteroatoms. The van der Waals surface area contributed by atoms with E-state index >= 15 is 0 Å². The number of nitrogens with zero attached hydrogens (tertiary/aromatic N) is 1. The molecule has 1 aromatic heterocycles. The number of pyridine rings is 1. The van der Waals surface area contributed by atoms with Crippen LogP contribution in [-0.2, 0) is 16.6 Å². The van der Waals surface area contributed by atoms with Gasteiger partial charge in [-0.2, -0.15) is 0 Å². The Labute approximate surface area is 118 Å². The normalized spacial score (nSPS) is 12.2. The summed E-state index contributed by atoms with van der Waals surface area (Å²) in [6, 6.07) is 7.96. The maximum atomic E-state index is 13.5. The lowest BCUT2D eigenvalue weighted by Crippen LogP contribution is -2.03. The first-order chi connectivity index (χ1) is 9.60. The van der Waals surface area contributed by atoms with Crippen LogP contribution in [0, 0.1) is 11.6 Å². The number of ether oxygens (including phenoxy) is 1. The molecule has 20 heavy (non-hydrogen) atoms. The van der Waals surface area contributed by atoms with E-state index in [0.29, 0.717) is 18.2 Å². The van der Waals surface area contributed by atoms with E-state index in [2.05, 4.69) is 4.98 Å². The van der Waals surface area contributed by atoms with Gasteiger partial charge in [-0.25, -0.2) is 13.8 Å². The van der Waals surface area contributed by atoms with Crippen molar-refractivity contribution in [3.8, 4) is 5.88 Å². The molecule has 0 aliphatic rings. The highest BCUT2D eigenvalue weighted by molar-refractivity contribution is 7.84. The van der Waals surface area contributed by atoms with Gasteiger partial charge in [0.15, 0.2) is 0 Å². The van der Waals surface area contributed by atoms with E-state index in [4.69, 9.17) is 4.74 Å². The minimum atomic E-state index is -1.70. The molecular formula is C14H13F2NO2S. The van der Waals surface area contributed by atoms with Crippen LogP contribution in [0.1, 0.15) is 12.6 Å². The maximum Gasteiger partial charge on any atom is 0.213 e. The van der Waals surface area contributed by atoms with Gasteiger partial charge < -0.3 is 4.74 Å². The van der Waals surface area contributed by atoms with Gasteiger partial charge in [0.05, 0.1) is 33.7 Å². The molecule has 1 aromatic carbocycles. The minimum Gasteiger partial charge on any atom is -0.478 e. The van der Waals surface area contributed by atoms with E-state index < -0.39 is 22.4 Å². The van der Waals surface area contributed by atoms with Crippen LogP contribution >= 0.6 is 0 Å². The van der Waals surface area contributed by atoms with Crippen molar-refractivity contribution in [2.45, 2.75) is 17.6 Å². The number of hydrogen-bond donors (Lipinski definition) is 0. The number of rotatable bonds is 5. The van der Waals surface area contributed by atoms with Crippen molar-refractivity contribution in [1.82, 2.24) is 4.98 Å². The van der Waals surface area contributed by atoms with Crippen LogP contribution in [-0.4, -0.2) is 15.8 Å². The van der Waals surface area contributed by atoms with Crippen LogP contribution in [0.4, 0.5) is 8.78 Å². The van der Waals surface area contributed by atoms with Crippen LogP contribution in [0.5, 0.6) is 5.88 Å². The van der Waals surface area contributed by atoms with E-state index in [1.54, 1.807) is 18.2 Å². The fourth-order valence-corrected chi connectivity index (χ4v) is 2.74. The number of aromatic nitrogens is 1. The molecule has 2 aromatic rings. The van der Waals surface area contributed by atoms with Gasteiger partial charge in [0, 0.05) is 6.07 Å². The zero-order chi connectivity index (χ0) is 14.5. The summed E-state index contributed by atoms with van der Waals surface area (Å²) in [5.74, 6) is -0.889. The second-order valence-corrected chi connectivity index (χ2v) is 5.38. The average molecular weight is 297 g/mol. The third kappa shape index (κ3) is 3.60. The summed E-state index contributed by atoms with van der Waals surface area (Å²) in [7, 11) is -1.70. The Hall–Kier alpha value is -1.82. The average Bonchev–Trinajstić information content (AvgIpc) is 2.42. The largest absolute Gasteiger partial charge is 0.478 e. The fraction of sp³-hybridized carbons (Fsp3) is 0.214. The van der Waals surface area contributed by atoms with E-state index in [1.807, 2.05) is 6.92 Å². The molecule has 0 N–H and O–H groups in total. The summed E-state index contributed by atoms with van der Waals surface area (Å²) in [6.07, 6.45) is 0. The monoisotopic (exact) mass is 297 g/mol. The molecule has 0 aliphatic heterocycles. The molecule has 0 saturated heterocycles. The molecule has 106 valence electrons. The van der Waals surface area contributed by atoms with Gasteiger partial charge in [0.1, 0.15) is 11.6 Å². The molecule has 1 heterocycles. The molecule has 0 radical (unpaired) electrons. The van der Waals surface area contributed by atoms with Crippen molar-refractivity contribution in [3.63, 3.8) is 0 Å². The highest BCUT2D eigenvalue weighted by Crippen LogP contribution is 2.18. The maximum absolute atomic E-state index is 13.5. The molecule has 0 spiro atoms. The van der Waals surface area contributed by atoms with Gasteiger partial charge in [-0.05, 0) is 31.2 Å². The van der Waals surface area contributed by atoms with Crippen molar-refractivity contribution < 1.29 is 17.7 Å². The Morgan fingerprint density at radius 3 is 2.80 bits per heavy atom. The summed E-state index contributed by atoms with van der Waals surface area (Å²) < 4.78 is 43.9. The first kappa shape index (κ1) is 14.6. The van der Waals surface area contributed by atoms with Crippen molar-refractivity contribution in [3.05, 3.63) is 53.7 Å². The van der Waals surface area contributed by atoms with Gasteiger partial charge in [-0.1, -0.05) is 6.07 Å². The van der Waals surface area contributed by atoms with Gasteiger partial charge in [0.2, 0.25) is 5.88 Å².